The molecule has 0 radical (unpaired) electrons. The number of hydrogen-bond donors (Lipinski definition) is 0. The first kappa shape index (κ1) is 22.9. The number of ether oxygens (including phenoxy) is 2. The summed E-state index contributed by atoms with van der Waals surface area (Å²) in [5.74, 6) is 2.03. The lowest BCUT2D eigenvalue weighted by molar-refractivity contribution is 0.355. The van der Waals surface area contributed by atoms with Gasteiger partial charge in [-0.2, -0.15) is 0 Å². The first-order chi connectivity index (χ1) is 17.0. The lowest BCUT2D eigenvalue weighted by atomic mass is 10.0. The molecule has 5 rings (SSSR count). The average Bonchev–Trinajstić information content (AvgIpc) is 2.90. The second kappa shape index (κ2) is 9.05. The maximum absolute atomic E-state index is 13.4. The van der Waals surface area contributed by atoms with Crippen molar-refractivity contribution < 1.29 is 9.47 Å². The highest BCUT2D eigenvalue weighted by Gasteiger charge is 2.26. The Morgan fingerprint density at radius 1 is 0.971 bits per heavy atom. The van der Waals surface area contributed by atoms with Gasteiger partial charge in [-0.05, 0) is 43.0 Å². The van der Waals surface area contributed by atoms with E-state index >= 15 is 0 Å². The van der Waals surface area contributed by atoms with Gasteiger partial charge in [-0.1, -0.05) is 13.0 Å². The predicted octanol–water partition coefficient (Wildman–Crippen LogP) is 3.06. The van der Waals surface area contributed by atoms with Crippen molar-refractivity contribution >= 4 is 27.6 Å². The van der Waals surface area contributed by atoms with Crippen LogP contribution in [0.3, 0.4) is 0 Å². The molecular formula is C26H29N5O4. The fourth-order valence-electron chi connectivity index (χ4n) is 5.03. The summed E-state index contributed by atoms with van der Waals surface area (Å²) in [6.07, 6.45) is 3.70. The maximum Gasteiger partial charge on any atom is 0.331 e. The van der Waals surface area contributed by atoms with Gasteiger partial charge in [0.15, 0.2) is 11.5 Å². The van der Waals surface area contributed by atoms with E-state index in [0.29, 0.717) is 48.3 Å². The summed E-state index contributed by atoms with van der Waals surface area (Å²) in [6, 6.07) is 9.32. The van der Waals surface area contributed by atoms with Crippen LogP contribution in [0.15, 0.2) is 46.2 Å². The van der Waals surface area contributed by atoms with Gasteiger partial charge in [0.25, 0.3) is 5.56 Å². The van der Waals surface area contributed by atoms with Crippen LogP contribution in [0.1, 0.15) is 31.4 Å². The summed E-state index contributed by atoms with van der Waals surface area (Å²) in [5.41, 5.74) is 2.04. The quantitative estimate of drug-likeness (QED) is 0.438. The predicted molar refractivity (Wildman–Crippen MR) is 136 cm³/mol. The van der Waals surface area contributed by atoms with Crippen molar-refractivity contribution in [2.24, 2.45) is 7.05 Å². The van der Waals surface area contributed by atoms with Gasteiger partial charge < -0.3 is 14.4 Å². The summed E-state index contributed by atoms with van der Waals surface area (Å²) < 4.78 is 13.9. The number of aryl methyl sites for hydroxylation is 2. The van der Waals surface area contributed by atoms with Gasteiger partial charge in [-0.25, -0.2) is 14.8 Å². The molecule has 1 aliphatic heterocycles. The molecule has 4 aromatic rings. The molecule has 35 heavy (non-hydrogen) atoms. The molecule has 9 heteroatoms. The van der Waals surface area contributed by atoms with Crippen LogP contribution in [-0.4, -0.2) is 46.4 Å². The Morgan fingerprint density at radius 2 is 1.69 bits per heavy atom. The normalized spacial score (nSPS) is 14.6. The Hall–Kier alpha value is -3.88. The molecule has 0 bridgehead atoms. The van der Waals surface area contributed by atoms with E-state index in [1.807, 2.05) is 30.3 Å². The number of fused-ring (bicyclic) bond motifs is 2. The molecule has 0 aliphatic carbocycles. The largest absolute Gasteiger partial charge is 0.493 e. The van der Waals surface area contributed by atoms with Crippen LogP contribution >= 0.6 is 0 Å². The van der Waals surface area contributed by atoms with Crippen molar-refractivity contribution in [3.05, 3.63) is 63.1 Å². The third kappa shape index (κ3) is 3.80. The monoisotopic (exact) mass is 475 g/mol. The van der Waals surface area contributed by atoms with Gasteiger partial charge >= 0.3 is 5.69 Å². The lowest BCUT2D eigenvalue weighted by Crippen LogP contribution is -2.45. The number of aromatic nitrogens is 4. The molecule has 2 aromatic heterocycles. The Kier molecular flexibility index (Phi) is 5.92. The molecule has 0 N–H and O–H groups in total. The van der Waals surface area contributed by atoms with Crippen LogP contribution in [0.4, 0.5) is 5.82 Å². The van der Waals surface area contributed by atoms with E-state index < -0.39 is 0 Å². The van der Waals surface area contributed by atoms with E-state index in [9.17, 15) is 9.59 Å². The number of benzene rings is 2. The van der Waals surface area contributed by atoms with Crippen molar-refractivity contribution in [3.63, 3.8) is 0 Å². The highest BCUT2D eigenvalue weighted by Crippen LogP contribution is 2.36. The van der Waals surface area contributed by atoms with Crippen molar-refractivity contribution in [2.45, 2.75) is 32.2 Å². The Morgan fingerprint density at radius 3 is 2.37 bits per heavy atom. The summed E-state index contributed by atoms with van der Waals surface area (Å²) >= 11 is 0. The summed E-state index contributed by atoms with van der Waals surface area (Å²) in [5, 5.41) is 1.46. The van der Waals surface area contributed by atoms with E-state index in [0.717, 1.165) is 28.7 Å². The van der Waals surface area contributed by atoms with Gasteiger partial charge in [0.2, 0.25) is 0 Å². The van der Waals surface area contributed by atoms with E-state index in [4.69, 9.17) is 9.47 Å². The molecule has 1 aliphatic rings. The van der Waals surface area contributed by atoms with Gasteiger partial charge in [0.1, 0.15) is 12.1 Å². The first-order valence-electron chi connectivity index (χ1n) is 11.8. The van der Waals surface area contributed by atoms with Gasteiger partial charge in [-0.3, -0.25) is 13.9 Å². The van der Waals surface area contributed by atoms with Crippen LogP contribution in [0.2, 0.25) is 0 Å². The molecule has 9 nitrogen and oxygen atoms in total. The molecule has 0 saturated carbocycles. The van der Waals surface area contributed by atoms with Crippen LogP contribution in [0, 0.1) is 0 Å². The van der Waals surface area contributed by atoms with Crippen molar-refractivity contribution in [2.75, 3.05) is 32.2 Å². The zero-order chi connectivity index (χ0) is 24.7. The fourth-order valence-corrected chi connectivity index (χ4v) is 5.03. The average molecular weight is 476 g/mol. The summed E-state index contributed by atoms with van der Waals surface area (Å²) in [4.78, 5) is 37.7. The van der Waals surface area contributed by atoms with Crippen LogP contribution < -0.4 is 25.6 Å². The summed E-state index contributed by atoms with van der Waals surface area (Å²) in [7, 11) is 4.93. The minimum absolute atomic E-state index is 0.171. The second-order valence-corrected chi connectivity index (χ2v) is 8.86. The number of hydrogen-bond acceptors (Lipinski definition) is 7. The molecular weight excluding hydrogens is 446 g/mol. The van der Waals surface area contributed by atoms with Crippen LogP contribution in [-0.2, 0) is 13.5 Å². The van der Waals surface area contributed by atoms with Crippen molar-refractivity contribution in [3.8, 4) is 11.5 Å². The third-order valence-corrected chi connectivity index (χ3v) is 7.02. The molecule has 0 spiro atoms. The zero-order valence-corrected chi connectivity index (χ0v) is 20.4. The second-order valence-electron chi connectivity index (χ2n) is 8.86. The highest BCUT2D eigenvalue weighted by atomic mass is 16.5. The molecule has 1 saturated heterocycles. The van der Waals surface area contributed by atoms with E-state index in [1.165, 1.54) is 4.57 Å². The minimum atomic E-state index is -0.269. The van der Waals surface area contributed by atoms with Gasteiger partial charge in [0.05, 0.1) is 30.6 Å². The molecule has 182 valence electrons. The number of methoxy groups -OCH3 is 2. The van der Waals surface area contributed by atoms with Crippen molar-refractivity contribution in [1.29, 1.82) is 0 Å². The minimum Gasteiger partial charge on any atom is -0.493 e. The zero-order valence-electron chi connectivity index (χ0n) is 20.4. The van der Waals surface area contributed by atoms with Gasteiger partial charge in [0, 0.05) is 37.6 Å². The lowest BCUT2D eigenvalue weighted by Gasteiger charge is -2.34. The topological polar surface area (TPSA) is 91.5 Å². The molecule has 1 fully saturated rings. The van der Waals surface area contributed by atoms with E-state index in [-0.39, 0.29) is 17.3 Å². The van der Waals surface area contributed by atoms with Crippen LogP contribution in [0.5, 0.6) is 11.5 Å². The number of nitrogens with zero attached hydrogens (tertiary/aromatic N) is 5. The number of anilines is 1. The number of piperidine rings is 1. The van der Waals surface area contributed by atoms with Crippen molar-refractivity contribution in [1.82, 2.24) is 19.1 Å². The number of rotatable bonds is 5. The molecule has 0 unspecified atom stereocenters. The molecule has 0 atom stereocenters. The Bertz CT molecular complexity index is 1530. The highest BCUT2D eigenvalue weighted by molar-refractivity contribution is 5.92. The first-order valence-corrected chi connectivity index (χ1v) is 11.8. The maximum atomic E-state index is 13.4. The standard InChI is InChI=1S/C26H29N5O4/c1-5-16-6-7-21-19(12-16)25(32)31(26(33)29(21)2)17-8-10-30(11-9-17)24-18-13-22(34-3)23(35-4)14-20(18)27-15-28-24/h6-7,12-15,17H,5,8-11H2,1-4H3. The van der Waals surface area contributed by atoms with E-state index in [1.54, 1.807) is 32.2 Å². The molecule has 0 amide bonds. The fraction of sp³-hybridized carbons (Fsp3) is 0.385. The molecule has 2 aromatic carbocycles. The Balaban J connectivity index is 1.48. The Labute approximate surface area is 202 Å². The third-order valence-electron chi connectivity index (χ3n) is 7.02. The summed E-state index contributed by atoms with van der Waals surface area (Å²) in [6.45, 7) is 3.38. The SMILES string of the molecule is CCc1ccc2c(c1)c(=O)n(C1CCN(c3ncnc4cc(OC)c(OC)cc34)CC1)c(=O)n2C. The smallest absolute Gasteiger partial charge is 0.331 e. The van der Waals surface area contributed by atoms with Gasteiger partial charge in [-0.15, -0.1) is 0 Å². The molecule has 3 heterocycles. The van der Waals surface area contributed by atoms with Crippen LogP contribution in [0.25, 0.3) is 21.8 Å². The van der Waals surface area contributed by atoms with E-state index in [2.05, 4.69) is 21.8 Å².